The van der Waals surface area contributed by atoms with Gasteiger partial charge in [0.05, 0.1) is 17.9 Å². The Kier molecular flexibility index (Phi) is 6.45. The van der Waals surface area contributed by atoms with Gasteiger partial charge in [-0.25, -0.2) is 4.39 Å². The van der Waals surface area contributed by atoms with E-state index in [1.807, 2.05) is 25.1 Å². The first-order chi connectivity index (χ1) is 11.5. The quantitative estimate of drug-likeness (QED) is 0.795. The number of hydrogen-bond donors (Lipinski definition) is 1. The fourth-order valence-electron chi connectivity index (χ4n) is 2.38. The van der Waals surface area contributed by atoms with Gasteiger partial charge >= 0.3 is 0 Å². The van der Waals surface area contributed by atoms with Crippen LogP contribution in [0.4, 0.5) is 4.39 Å². The Balaban J connectivity index is 2.16. The van der Waals surface area contributed by atoms with Gasteiger partial charge in [-0.3, -0.25) is 9.48 Å². The molecule has 0 aliphatic carbocycles. The molecule has 0 unspecified atom stereocenters. The predicted octanol–water partition coefficient (Wildman–Crippen LogP) is 1.51. The summed E-state index contributed by atoms with van der Waals surface area (Å²) < 4.78 is 20.6. The molecule has 130 valence electrons. The number of hydrogen-bond acceptors (Lipinski definition) is 4. The van der Waals surface area contributed by atoms with Gasteiger partial charge in [0.1, 0.15) is 12.4 Å². The summed E-state index contributed by atoms with van der Waals surface area (Å²) in [6.45, 7) is 1.64. The van der Waals surface area contributed by atoms with E-state index in [0.717, 1.165) is 5.69 Å². The van der Waals surface area contributed by atoms with Crippen LogP contribution in [0.2, 0.25) is 0 Å². The summed E-state index contributed by atoms with van der Waals surface area (Å²) in [5.41, 5.74) is 2.02. The summed E-state index contributed by atoms with van der Waals surface area (Å²) in [4.78, 5) is 13.5. The largest absolute Gasteiger partial charge is 0.375 e. The number of carbonyl (C=O) groups excluding carboxylic acids is 1. The molecular weight excluding hydrogens is 311 g/mol. The third kappa shape index (κ3) is 4.87. The van der Waals surface area contributed by atoms with Crippen LogP contribution in [-0.2, 0) is 22.6 Å². The minimum absolute atomic E-state index is 0.0319. The topological polar surface area (TPSA) is 59.4 Å². The zero-order chi connectivity index (χ0) is 17.5. The van der Waals surface area contributed by atoms with Crippen molar-refractivity contribution in [3.8, 4) is 11.3 Å². The van der Waals surface area contributed by atoms with Crippen molar-refractivity contribution in [2.45, 2.75) is 13.1 Å². The molecular formula is C17H23FN4O2. The van der Waals surface area contributed by atoms with Crippen LogP contribution in [0.5, 0.6) is 0 Å². The zero-order valence-electron chi connectivity index (χ0n) is 14.3. The van der Waals surface area contributed by atoms with Gasteiger partial charge in [0.2, 0.25) is 5.91 Å². The lowest BCUT2D eigenvalue weighted by Crippen LogP contribution is -2.31. The molecule has 1 aromatic heterocycles. The van der Waals surface area contributed by atoms with E-state index in [0.29, 0.717) is 30.9 Å². The van der Waals surface area contributed by atoms with Gasteiger partial charge in [0, 0.05) is 25.8 Å². The molecule has 7 heteroatoms. The fourth-order valence-corrected chi connectivity index (χ4v) is 2.38. The van der Waals surface area contributed by atoms with Crippen LogP contribution in [0.25, 0.3) is 11.3 Å². The second-order valence-corrected chi connectivity index (χ2v) is 5.74. The highest BCUT2D eigenvalue weighted by Crippen LogP contribution is 2.22. The Labute approximate surface area is 141 Å². The number of halogens is 1. The molecule has 0 fully saturated rings. The average Bonchev–Trinajstić information content (AvgIpc) is 2.90. The molecule has 1 N–H and O–H groups in total. The first-order valence-corrected chi connectivity index (χ1v) is 7.73. The van der Waals surface area contributed by atoms with Crippen molar-refractivity contribution in [3.63, 3.8) is 0 Å². The van der Waals surface area contributed by atoms with Crippen LogP contribution in [0.1, 0.15) is 5.69 Å². The maximum atomic E-state index is 14.0. The minimum atomic E-state index is -0.299. The Morgan fingerprint density at radius 3 is 2.79 bits per heavy atom. The number of benzene rings is 1. The molecule has 0 aliphatic heterocycles. The van der Waals surface area contributed by atoms with E-state index in [-0.39, 0.29) is 18.3 Å². The molecule has 1 aromatic carbocycles. The number of ether oxygens (including phenoxy) is 1. The molecule has 2 rings (SSSR count). The van der Waals surface area contributed by atoms with Crippen molar-refractivity contribution in [1.82, 2.24) is 20.0 Å². The molecule has 0 saturated heterocycles. The normalized spacial score (nSPS) is 11.0. The van der Waals surface area contributed by atoms with E-state index in [1.54, 1.807) is 22.9 Å². The number of rotatable bonds is 8. The van der Waals surface area contributed by atoms with E-state index >= 15 is 0 Å². The second-order valence-electron chi connectivity index (χ2n) is 5.74. The molecule has 1 amide bonds. The van der Waals surface area contributed by atoms with Crippen LogP contribution in [0.3, 0.4) is 0 Å². The van der Waals surface area contributed by atoms with Crippen LogP contribution in [0, 0.1) is 5.82 Å². The van der Waals surface area contributed by atoms with Gasteiger partial charge in [-0.2, -0.15) is 5.10 Å². The van der Waals surface area contributed by atoms with Gasteiger partial charge in [0.15, 0.2) is 0 Å². The van der Waals surface area contributed by atoms with Crippen molar-refractivity contribution < 1.29 is 13.9 Å². The highest BCUT2D eigenvalue weighted by Gasteiger charge is 2.13. The first kappa shape index (κ1) is 18.1. The number of nitrogens with one attached hydrogen (secondary N) is 1. The third-order valence-electron chi connectivity index (χ3n) is 3.41. The molecule has 0 atom stereocenters. The van der Waals surface area contributed by atoms with Crippen LogP contribution in [-0.4, -0.2) is 54.9 Å². The lowest BCUT2D eigenvalue weighted by Gasteiger charge is -2.12. The Morgan fingerprint density at radius 2 is 2.12 bits per heavy atom. The summed E-state index contributed by atoms with van der Waals surface area (Å²) in [5, 5.41) is 7.27. The third-order valence-corrected chi connectivity index (χ3v) is 3.41. The summed E-state index contributed by atoms with van der Waals surface area (Å²) in [6, 6.07) is 8.46. The van der Waals surface area contributed by atoms with Crippen molar-refractivity contribution in [2.24, 2.45) is 0 Å². The number of methoxy groups -OCH3 is 1. The molecule has 6 nitrogen and oxygen atoms in total. The molecule has 0 aliphatic rings. The summed E-state index contributed by atoms with van der Waals surface area (Å²) in [6.07, 6.45) is 0. The van der Waals surface area contributed by atoms with Crippen molar-refractivity contribution >= 4 is 5.91 Å². The maximum absolute atomic E-state index is 14.0. The zero-order valence-corrected chi connectivity index (χ0v) is 14.3. The molecule has 24 heavy (non-hydrogen) atoms. The van der Waals surface area contributed by atoms with Gasteiger partial charge in [-0.05, 0) is 32.3 Å². The van der Waals surface area contributed by atoms with Crippen molar-refractivity contribution in [2.75, 3.05) is 34.4 Å². The average molecular weight is 334 g/mol. The monoisotopic (exact) mass is 334 g/mol. The molecule has 0 radical (unpaired) electrons. The first-order valence-electron chi connectivity index (χ1n) is 7.73. The molecule has 0 spiro atoms. The van der Waals surface area contributed by atoms with Gasteiger partial charge in [-0.1, -0.05) is 12.1 Å². The van der Waals surface area contributed by atoms with Crippen molar-refractivity contribution in [1.29, 1.82) is 0 Å². The molecule has 2 aromatic rings. The Hall–Kier alpha value is -2.25. The highest BCUT2D eigenvalue weighted by molar-refractivity contribution is 5.77. The fraction of sp³-hybridized carbons (Fsp3) is 0.412. The SMILES string of the molecule is COCC(=O)NCCn1nc(-c2ccccc2F)cc1CN(C)C. The second kappa shape index (κ2) is 8.56. The van der Waals surface area contributed by atoms with E-state index in [2.05, 4.69) is 10.4 Å². The minimum Gasteiger partial charge on any atom is -0.375 e. The van der Waals surface area contributed by atoms with Crippen LogP contribution in [0.15, 0.2) is 30.3 Å². The maximum Gasteiger partial charge on any atom is 0.246 e. The summed E-state index contributed by atoms with van der Waals surface area (Å²) in [5.74, 6) is -0.472. The number of carbonyl (C=O) groups is 1. The van der Waals surface area contributed by atoms with E-state index in [9.17, 15) is 9.18 Å². The number of nitrogens with zero attached hydrogens (tertiary/aromatic N) is 3. The van der Waals surface area contributed by atoms with Gasteiger partial charge < -0.3 is 15.0 Å². The summed E-state index contributed by atoms with van der Waals surface area (Å²) >= 11 is 0. The van der Waals surface area contributed by atoms with Crippen molar-refractivity contribution in [3.05, 3.63) is 41.8 Å². The molecule has 1 heterocycles. The van der Waals surface area contributed by atoms with Gasteiger partial charge in [0.25, 0.3) is 0 Å². The highest BCUT2D eigenvalue weighted by atomic mass is 19.1. The standard InChI is InChI=1S/C17H23FN4O2/c1-21(2)11-13-10-16(14-6-4-5-7-15(14)18)20-22(13)9-8-19-17(23)12-24-3/h4-7,10H,8-9,11-12H2,1-3H3,(H,19,23). The van der Waals surface area contributed by atoms with Crippen LogP contribution >= 0.6 is 0 Å². The molecule has 0 saturated carbocycles. The smallest absolute Gasteiger partial charge is 0.246 e. The van der Waals surface area contributed by atoms with E-state index in [4.69, 9.17) is 4.74 Å². The van der Waals surface area contributed by atoms with Crippen LogP contribution < -0.4 is 5.32 Å². The lowest BCUT2D eigenvalue weighted by atomic mass is 10.1. The Bertz CT molecular complexity index is 685. The molecule has 0 bridgehead atoms. The predicted molar refractivity (Wildman–Crippen MR) is 89.9 cm³/mol. The number of amides is 1. The van der Waals surface area contributed by atoms with E-state index in [1.165, 1.54) is 13.2 Å². The summed E-state index contributed by atoms with van der Waals surface area (Å²) in [7, 11) is 5.39. The Morgan fingerprint density at radius 1 is 1.38 bits per heavy atom. The number of aromatic nitrogens is 2. The van der Waals surface area contributed by atoms with Gasteiger partial charge in [-0.15, -0.1) is 0 Å². The van der Waals surface area contributed by atoms with E-state index < -0.39 is 0 Å². The lowest BCUT2D eigenvalue weighted by molar-refractivity contribution is -0.124.